The molecule has 0 N–H and O–H groups in total. The summed E-state index contributed by atoms with van der Waals surface area (Å²) in [5, 5.41) is 15.1. The van der Waals surface area contributed by atoms with Crippen LogP contribution in [0.3, 0.4) is 0 Å². The molecule has 3 aromatic heterocycles. The molecule has 0 fully saturated rings. The first-order chi connectivity index (χ1) is 14.3. The van der Waals surface area contributed by atoms with Gasteiger partial charge >= 0.3 is 0 Å². The number of rotatable bonds is 10. The number of tetrazole rings is 1. The van der Waals surface area contributed by atoms with Gasteiger partial charge in [-0.3, -0.25) is 4.98 Å². The molecule has 0 spiro atoms. The summed E-state index contributed by atoms with van der Waals surface area (Å²) in [5.41, 5.74) is 2.51. The zero-order chi connectivity index (χ0) is 19.9. The maximum Gasteiger partial charge on any atom is 0.223 e. The average molecular weight is 389 g/mol. The third-order valence-electron chi connectivity index (χ3n) is 5.33. The predicted octanol–water partition coefficient (Wildman–Crippen LogP) is 5.58. The Morgan fingerprint density at radius 1 is 0.793 bits per heavy atom. The molecule has 0 aliphatic carbocycles. The standard InChI is InChI=1S/C23H28N6/c1-2-3-4-5-6-7-8-9-17-29-27-23(26-28-29)20-15-14-19-13-12-18-11-10-16-24-21(18)22(19)25-20/h10-16H,2-9,17H2,1H3. The highest BCUT2D eigenvalue weighted by atomic mass is 15.6. The minimum absolute atomic E-state index is 0.569. The van der Waals surface area contributed by atoms with Gasteiger partial charge in [0, 0.05) is 17.0 Å². The largest absolute Gasteiger partial charge is 0.254 e. The SMILES string of the molecule is CCCCCCCCCCn1nnc(-c2ccc3ccc4cccnc4c3n2)n1. The fourth-order valence-electron chi connectivity index (χ4n) is 3.68. The van der Waals surface area contributed by atoms with E-state index >= 15 is 0 Å². The number of hydrogen-bond acceptors (Lipinski definition) is 5. The van der Waals surface area contributed by atoms with Gasteiger partial charge in [0.05, 0.1) is 17.6 Å². The van der Waals surface area contributed by atoms with Crippen LogP contribution in [0.25, 0.3) is 33.3 Å². The summed E-state index contributed by atoms with van der Waals surface area (Å²) in [7, 11) is 0. The van der Waals surface area contributed by atoms with Crippen LogP contribution in [0, 0.1) is 0 Å². The Morgan fingerprint density at radius 3 is 2.34 bits per heavy atom. The van der Waals surface area contributed by atoms with Crippen LogP contribution in [0.4, 0.5) is 0 Å². The molecule has 0 aliphatic rings. The van der Waals surface area contributed by atoms with Crippen molar-refractivity contribution < 1.29 is 0 Å². The number of aromatic nitrogens is 6. The van der Waals surface area contributed by atoms with Gasteiger partial charge < -0.3 is 0 Å². The Bertz CT molecular complexity index is 1070. The Kier molecular flexibility index (Phi) is 6.39. The minimum Gasteiger partial charge on any atom is -0.254 e. The lowest BCUT2D eigenvalue weighted by atomic mass is 10.1. The highest BCUT2D eigenvalue weighted by Crippen LogP contribution is 2.24. The van der Waals surface area contributed by atoms with Crippen molar-refractivity contribution in [3.05, 3.63) is 42.6 Å². The molecule has 0 amide bonds. The number of aryl methyl sites for hydroxylation is 1. The molecular formula is C23H28N6. The van der Waals surface area contributed by atoms with Gasteiger partial charge in [0.15, 0.2) is 0 Å². The van der Waals surface area contributed by atoms with Gasteiger partial charge in [-0.2, -0.15) is 4.80 Å². The molecule has 0 unspecified atom stereocenters. The monoisotopic (exact) mass is 388 g/mol. The van der Waals surface area contributed by atoms with Crippen molar-refractivity contribution in [1.82, 2.24) is 30.2 Å². The van der Waals surface area contributed by atoms with Crippen molar-refractivity contribution >= 4 is 21.8 Å². The van der Waals surface area contributed by atoms with E-state index in [0.717, 1.165) is 40.5 Å². The lowest BCUT2D eigenvalue weighted by molar-refractivity contribution is 0.472. The van der Waals surface area contributed by atoms with Gasteiger partial charge in [-0.1, -0.05) is 76.1 Å². The van der Waals surface area contributed by atoms with Crippen molar-refractivity contribution in [2.45, 2.75) is 64.8 Å². The number of pyridine rings is 2. The second kappa shape index (κ2) is 9.54. The third kappa shape index (κ3) is 4.75. The fourth-order valence-corrected chi connectivity index (χ4v) is 3.68. The van der Waals surface area contributed by atoms with Gasteiger partial charge in [-0.15, -0.1) is 10.2 Å². The number of benzene rings is 1. The number of hydrogen-bond donors (Lipinski definition) is 0. The van der Waals surface area contributed by atoms with E-state index in [9.17, 15) is 0 Å². The Hall–Kier alpha value is -2.89. The molecule has 0 aliphatic heterocycles. The van der Waals surface area contributed by atoms with Crippen molar-refractivity contribution in [3.63, 3.8) is 0 Å². The van der Waals surface area contributed by atoms with Gasteiger partial charge in [0.1, 0.15) is 5.69 Å². The average Bonchev–Trinajstić information content (AvgIpc) is 3.24. The quantitative estimate of drug-likeness (QED) is 0.262. The second-order valence-corrected chi connectivity index (χ2v) is 7.59. The van der Waals surface area contributed by atoms with E-state index in [2.05, 4.69) is 45.5 Å². The van der Waals surface area contributed by atoms with E-state index in [1.807, 2.05) is 18.2 Å². The summed E-state index contributed by atoms with van der Waals surface area (Å²) in [4.78, 5) is 11.0. The van der Waals surface area contributed by atoms with E-state index in [4.69, 9.17) is 4.98 Å². The van der Waals surface area contributed by atoms with Crippen LogP contribution in [0.5, 0.6) is 0 Å². The van der Waals surface area contributed by atoms with E-state index in [0.29, 0.717) is 5.82 Å². The van der Waals surface area contributed by atoms with Crippen molar-refractivity contribution in [2.24, 2.45) is 0 Å². The number of fused-ring (bicyclic) bond motifs is 3. The molecule has 4 aromatic rings. The molecule has 0 bridgehead atoms. The summed E-state index contributed by atoms with van der Waals surface area (Å²) in [6, 6.07) is 12.1. The summed E-state index contributed by atoms with van der Waals surface area (Å²) in [6.07, 6.45) is 12.1. The first kappa shape index (κ1) is 19.4. The lowest BCUT2D eigenvalue weighted by Gasteiger charge is -2.03. The van der Waals surface area contributed by atoms with Crippen LogP contribution < -0.4 is 0 Å². The molecule has 150 valence electrons. The number of unbranched alkanes of at least 4 members (excludes halogenated alkanes) is 7. The van der Waals surface area contributed by atoms with Crippen molar-refractivity contribution in [2.75, 3.05) is 0 Å². The van der Waals surface area contributed by atoms with Crippen LogP contribution in [0.2, 0.25) is 0 Å². The van der Waals surface area contributed by atoms with Crippen molar-refractivity contribution in [1.29, 1.82) is 0 Å². The highest BCUT2D eigenvalue weighted by Gasteiger charge is 2.10. The molecule has 3 heterocycles. The summed E-state index contributed by atoms with van der Waals surface area (Å²) in [5.74, 6) is 0.569. The van der Waals surface area contributed by atoms with Crippen LogP contribution >= 0.6 is 0 Å². The molecule has 1 aromatic carbocycles. The smallest absolute Gasteiger partial charge is 0.223 e. The van der Waals surface area contributed by atoms with Crippen LogP contribution in [0.1, 0.15) is 58.3 Å². The Labute approximate surface area is 171 Å². The topological polar surface area (TPSA) is 69.4 Å². The molecule has 0 atom stereocenters. The molecule has 6 nitrogen and oxygen atoms in total. The first-order valence-electron chi connectivity index (χ1n) is 10.8. The first-order valence-corrected chi connectivity index (χ1v) is 10.8. The minimum atomic E-state index is 0.569. The molecule has 0 saturated heterocycles. The van der Waals surface area contributed by atoms with Gasteiger partial charge in [-0.25, -0.2) is 4.98 Å². The van der Waals surface area contributed by atoms with E-state index in [1.54, 1.807) is 11.0 Å². The second-order valence-electron chi connectivity index (χ2n) is 7.59. The fraction of sp³-hybridized carbons (Fsp3) is 0.435. The van der Waals surface area contributed by atoms with E-state index < -0.39 is 0 Å². The Balaban J connectivity index is 1.39. The van der Waals surface area contributed by atoms with Gasteiger partial charge in [0.2, 0.25) is 5.82 Å². The predicted molar refractivity (Wildman–Crippen MR) is 116 cm³/mol. The summed E-state index contributed by atoms with van der Waals surface area (Å²) >= 11 is 0. The summed E-state index contributed by atoms with van der Waals surface area (Å²) < 4.78 is 0. The molecular weight excluding hydrogens is 360 g/mol. The highest BCUT2D eigenvalue weighted by molar-refractivity contribution is 6.03. The lowest BCUT2D eigenvalue weighted by Crippen LogP contribution is -2.02. The molecule has 0 radical (unpaired) electrons. The van der Waals surface area contributed by atoms with Crippen LogP contribution in [-0.4, -0.2) is 30.2 Å². The zero-order valence-electron chi connectivity index (χ0n) is 17.1. The molecule has 29 heavy (non-hydrogen) atoms. The molecule has 6 heteroatoms. The third-order valence-corrected chi connectivity index (χ3v) is 5.33. The van der Waals surface area contributed by atoms with E-state index in [-0.39, 0.29) is 0 Å². The van der Waals surface area contributed by atoms with Crippen molar-refractivity contribution in [3.8, 4) is 11.5 Å². The normalized spacial score (nSPS) is 11.5. The number of nitrogens with zero attached hydrogens (tertiary/aromatic N) is 6. The Morgan fingerprint density at radius 2 is 1.52 bits per heavy atom. The summed E-state index contributed by atoms with van der Waals surface area (Å²) in [6.45, 7) is 3.06. The maximum atomic E-state index is 4.79. The van der Waals surface area contributed by atoms with Gasteiger partial charge in [-0.05, 0) is 23.8 Å². The van der Waals surface area contributed by atoms with Crippen LogP contribution in [-0.2, 0) is 6.54 Å². The van der Waals surface area contributed by atoms with E-state index in [1.165, 1.54) is 44.9 Å². The molecule has 4 rings (SSSR count). The van der Waals surface area contributed by atoms with Gasteiger partial charge in [0.25, 0.3) is 0 Å². The van der Waals surface area contributed by atoms with Crippen LogP contribution in [0.15, 0.2) is 42.6 Å². The molecule has 0 saturated carbocycles. The zero-order valence-corrected chi connectivity index (χ0v) is 17.1. The maximum absolute atomic E-state index is 4.79.